The Balaban J connectivity index is 2.05. The first-order valence-electron chi connectivity index (χ1n) is 9.17. The number of nitrogens with one attached hydrogen (secondary N) is 1. The number of ketones is 1. The maximum absolute atomic E-state index is 12.4. The third-order valence-electron chi connectivity index (χ3n) is 4.01. The van der Waals surface area contributed by atoms with Crippen LogP contribution in [0.1, 0.15) is 36.7 Å². The van der Waals surface area contributed by atoms with Crippen LogP contribution in [0.4, 0.5) is 5.69 Å². The van der Waals surface area contributed by atoms with Gasteiger partial charge >= 0.3 is 0 Å². The van der Waals surface area contributed by atoms with E-state index in [4.69, 9.17) is 4.74 Å². The Morgan fingerprint density at radius 2 is 1.76 bits per heavy atom. The SMILES string of the molecule is CC(=O)c1cccc(N(CC(=O)NCc2ccc(OC(C)C)cc2)S(C)(=O)=O)c1. The van der Waals surface area contributed by atoms with Gasteiger partial charge in [-0.15, -0.1) is 0 Å². The van der Waals surface area contributed by atoms with Crippen LogP contribution < -0.4 is 14.4 Å². The number of Topliss-reactive ketones (excluding diaryl/α,β-unsaturated/α-hetero) is 1. The molecule has 1 amide bonds. The predicted molar refractivity (Wildman–Crippen MR) is 113 cm³/mol. The van der Waals surface area contributed by atoms with Gasteiger partial charge < -0.3 is 10.1 Å². The molecule has 0 aliphatic rings. The number of anilines is 1. The summed E-state index contributed by atoms with van der Waals surface area (Å²) in [5.41, 5.74) is 1.50. The highest BCUT2D eigenvalue weighted by Gasteiger charge is 2.21. The number of sulfonamides is 1. The van der Waals surface area contributed by atoms with Crippen molar-refractivity contribution in [3.63, 3.8) is 0 Å². The lowest BCUT2D eigenvalue weighted by Crippen LogP contribution is -2.40. The molecule has 0 aliphatic heterocycles. The van der Waals surface area contributed by atoms with E-state index in [1.54, 1.807) is 18.2 Å². The summed E-state index contributed by atoms with van der Waals surface area (Å²) in [5, 5.41) is 2.72. The second kappa shape index (κ2) is 9.56. The number of rotatable bonds is 9. The summed E-state index contributed by atoms with van der Waals surface area (Å²) >= 11 is 0. The smallest absolute Gasteiger partial charge is 0.241 e. The summed E-state index contributed by atoms with van der Waals surface area (Å²) in [6, 6.07) is 13.5. The molecule has 29 heavy (non-hydrogen) atoms. The van der Waals surface area contributed by atoms with E-state index in [2.05, 4.69) is 5.32 Å². The van der Waals surface area contributed by atoms with Gasteiger partial charge in [-0.05, 0) is 50.6 Å². The average Bonchev–Trinajstić information content (AvgIpc) is 2.64. The molecule has 0 bridgehead atoms. The van der Waals surface area contributed by atoms with Gasteiger partial charge in [0.15, 0.2) is 5.78 Å². The van der Waals surface area contributed by atoms with Crippen LogP contribution in [0.3, 0.4) is 0 Å². The molecule has 2 rings (SSSR count). The molecular weight excluding hydrogens is 392 g/mol. The summed E-state index contributed by atoms with van der Waals surface area (Å²) in [7, 11) is -3.71. The molecular formula is C21H26N2O5S. The Kier molecular flexibility index (Phi) is 7.39. The molecule has 2 aromatic carbocycles. The van der Waals surface area contributed by atoms with Crippen molar-refractivity contribution < 1.29 is 22.7 Å². The number of nitrogens with zero attached hydrogens (tertiary/aromatic N) is 1. The van der Waals surface area contributed by atoms with Crippen LogP contribution in [-0.4, -0.2) is 39.0 Å². The van der Waals surface area contributed by atoms with E-state index in [1.807, 2.05) is 38.1 Å². The molecule has 0 aliphatic carbocycles. The summed E-state index contributed by atoms with van der Waals surface area (Å²) in [6.07, 6.45) is 1.10. The van der Waals surface area contributed by atoms with Crippen molar-refractivity contribution in [2.45, 2.75) is 33.4 Å². The summed E-state index contributed by atoms with van der Waals surface area (Å²) in [6.45, 7) is 5.15. The van der Waals surface area contributed by atoms with Gasteiger partial charge in [-0.3, -0.25) is 13.9 Å². The van der Waals surface area contributed by atoms with E-state index in [0.717, 1.165) is 21.9 Å². The maximum Gasteiger partial charge on any atom is 0.241 e. The summed E-state index contributed by atoms with van der Waals surface area (Å²) in [5.74, 6) is 0.101. The van der Waals surface area contributed by atoms with Crippen molar-refractivity contribution in [1.82, 2.24) is 5.32 Å². The van der Waals surface area contributed by atoms with Gasteiger partial charge in [0.25, 0.3) is 0 Å². The fourth-order valence-corrected chi connectivity index (χ4v) is 3.47. The number of amides is 1. The molecule has 0 saturated heterocycles. The molecule has 0 atom stereocenters. The zero-order chi connectivity index (χ0) is 21.6. The average molecular weight is 419 g/mol. The molecule has 0 heterocycles. The molecule has 7 nitrogen and oxygen atoms in total. The minimum atomic E-state index is -3.71. The van der Waals surface area contributed by atoms with Gasteiger partial charge in [0.2, 0.25) is 15.9 Å². The fraction of sp³-hybridized carbons (Fsp3) is 0.333. The van der Waals surface area contributed by atoms with Crippen molar-refractivity contribution in [1.29, 1.82) is 0 Å². The number of carbonyl (C=O) groups excluding carboxylic acids is 2. The number of benzene rings is 2. The van der Waals surface area contributed by atoms with E-state index in [9.17, 15) is 18.0 Å². The molecule has 8 heteroatoms. The maximum atomic E-state index is 12.4. The van der Waals surface area contributed by atoms with E-state index < -0.39 is 15.9 Å². The lowest BCUT2D eigenvalue weighted by Gasteiger charge is -2.22. The lowest BCUT2D eigenvalue weighted by atomic mass is 10.1. The van der Waals surface area contributed by atoms with Crippen molar-refractivity contribution in [2.75, 3.05) is 17.1 Å². The Morgan fingerprint density at radius 3 is 2.31 bits per heavy atom. The molecule has 0 unspecified atom stereocenters. The van der Waals surface area contributed by atoms with E-state index >= 15 is 0 Å². The monoisotopic (exact) mass is 418 g/mol. The molecule has 0 spiro atoms. The second-order valence-corrected chi connectivity index (χ2v) is 8.87. The predicted octanol–water partition coefficient (Wildman–Crippen LogP) is 2.76. The van der Waals surface area contributed by atoms with E-state index in [-0.39, 0.29) is 30.7 Å². The Morgan fingerprint density at radius 1 is 1.10 bits per heavy atom. The third-order valence-corrected chi connectivity index (χ3v) is 5.15. The first kappa shape index (κ1) is 22.4. The van der Waals surface area contributed by atoms with Gasteiger partial charge in [0.1, 0.15) is 12.3 Å². The van der Waals surface area contributed by atoms with Gasteiger partial charge in [-0.2, -0.15) is 0 Å². The van der Waals surface area contributed by atoms with Crippen LogP contribution in [0.5, 0.6) is 5.75 Å². The molecule has 0 aromatic heterocycles. The highest BCUT2D eigenvalue weighted by molar-refractivity contribution is 7.92. The van der Waals surface area contributed by atoms with Crippen LogP contribution in [0.2, 0.25) is 0 Å². The molecule has 0 fully saturated rings. The van der Waals surface area contributed by atoms with Gasteiger partial charge in [0, 0.05) is 12.1 Å². The summed E-state index contributed by atoms with van der Waals surface area (Å²) < 4.78 is 30.9. The zero-order valence-electron chi connectivity index (χ0n) is 17.0. The molecule has 0 radical (unpaired) electrons. The van der Waals surface area contributed by atoms with Crippen molar-refractivity contribution >= 4 is 27.4 Å². The van der Waals surface area contributed by atoms with Crippen LogP contribution >= 0.6 is 0 Å². The molecule has 0 saturated carbocycles. The fourth-order valence-electron chi connectivity index (χ4n) is 2.63. The Labute approximate surface area is 171 Å². The molecule has 2 aromatic rings. The molecule has 156 valence electrons. The number of hydrogen-bond acceptors (Lipinski definition) is 5. The van der Waals surface area contributed by atoms with Crippen molar-refractivity contribution in [3.8, 4) is 5.75 Å². The highest BCUT2D eigenvalue weighted by atomic mass is 32.2. The van der Waals surface area contributed by atoms with Crippen LogP contribution in [0, 0.1) is 0 Å². The number of ether oxygens (including phenoxy) is 1. The van der Waals surface area contributed by atoms with Crippen LogP contribution in [0.15, 0.2) is 48.5 Å². The summed E-state index contributed by atoms with van der Waals surface area (Å²) in [4.78, 5) is 23.9. The topological polar surface area (TPSA) is 92.8 Å². The second-order valence-electron chi connectivity index (χ2n) is 6.96. The Bertz CT molecular complexity index is 969. The van der Waals surface area contributed by atoms with E-state index in [0.29, 0.717) is 5.56 Å². The number of carbonyl (C=O) groups is 2. The molecule has 1 N–H and O–H groups in total. The number of hydrogen-bond donors (Lipinski definition) is 1. The van der Waals surface area contributed by atoms with Gasteiger partial charge in [-0.1, -0.05) is 24.3 Å². The standard InChI is InChI=1S/C21H26N2O5S/c1-15(2)28-20-10-8-17(9-11-20)13-22-21(25)14-23(29(4,26)27)19-7-5-6-18(12-19)16(3)24/h5-12,15H,13-14H2,1-4H3,(H,22,25). The van der Waals surface area contributed by atoms with Crippen molar-refractivity contribution in [3.05, 3.63) is 59.7 Å². The van der Waals surface area contributed by atoms with E-state index in [1.165, 1.54) is 13.0 Å². The minimum Gasteiger partial charge on any atom is -0.491 e. The zero-order valence-corrected chi connectivity index (χ0v) is 17.8. The third kappa shape index (κ3) is 6.90. The van der Waals surface area contributed by atoms with Gasteiger partial charge in [-0.25, -0.2) is 8.42 Å². The minimum absolute atomic E-state index is 0.0732. The van der Waals surface area contributed by atoms with Gasteiger partial charge in [0.05, 0.1) is 18.0 Å². The largest absolute Gasteiger partial charge is 0.491 e. The quantitative estimate of drug-likeness (QED) is 0.632. The first-order valence-corrected chi connectivity index (χ1v) is 11.0. The van der Waals surface area contributed by atoms with Crippen LogP contribution in [-0.2, 0) is 21.4 Å². The van der Waals surface area contributed by atoms with Crippen molar-refractivity contribution in [2.24, 2.45) is 0 Å². The van der Waals surface area contributed by atoms with Crippen LogP contribution in [0.25, 0.3) is 0 Å². The highest BCUT2D eigenvalue weighted by Crippen LogP contribution is 2.19. The Hall–Kier alpha value is -2.87. The first-order chi connectivity index (χ1) is 13.6. The lowest BCUT2D eigenvalue weighted by molar-refractivity contribution is -0.119. The normalized spacial score (nSPS) is 11.2.